The molecule has 5 nitrogen and oxygen atoms in total. The van der Waals surface area contributed by atoms with Crippen molar-refractivity contribution in [3.63, 3.8) is 0 Å². The summed E-state index contributed by atoms with van der Waals surface area (Å²) in [5.41, 5.74) is 2.06. The Morgan fingerprint density at radius 3 is 2.75 bits per heavy atom. The Balaban J connectivity index is 2.03. The van der Waals surface area contributed by atoms with E-state index >= 15 is 0 Å². The van der Waals surface area contributed by atoms with Crippen molar-refractivity contribution in [1.82, 2.24) is 15.3 Å². The summed E-state index contributed by atoms with van der Waals surface area (Å²) in [5.74, 6) is 0.193. The van der Waals surface area contributed by atoms with Crippen LogP contribution in [0.25, 0.3) is 11.0 Å². The van der Waals surface area contributed by atoms with E-state index in [1.807, 2.05) is 0 Å². The van der Waals surface area contributed by atoms with Gasteiger partial charge in [0.15, 0.2) is 0 Å². The highest BCUT2D eigenvalue weighted by molar-refractivity contribution is 5.97. The standard InChI is InChI=1S/C15H19N3O2/c1-2-11(5-8-19)10-18-15(20)12-3-4-13-14(9-12)17-7-6-16-13/h3-4,6-7,9,11,19H,2,5,8,10H2,1H3,(H,18,20). The van der Waals surface area contributed by atoms with E-state index in [1.165, 1.54) is 0 Å². The monoisotopic (exact) mass is 273 g/mol. The average Bonchev–Trinajstić information content (AvgIpc) is 2.50. The van der Waals surface area contributed by atoms with Crippen LogP contribution in [0, 0.1) is 5.92 Å². The van der Waals surface area contributed by atoms with E-state index in [2.05, 4.69) is 22.2 Å². The predicted octanol–water partition coefficient (Wildman–Crippen LogP) is 1.77. The first kappa shape index (κ1) is 14.4. The van der Waals surface area contributed by atoms with E-state index in [9.17, 15) is 4.79 Å². The summed E-state index contributed by atoms with van der Waals surface area (Å²) < 4.78 is 0. The molecule has 5 heteroatoms. The van der Waals surface area contributed by atoms with Crippen molar-refractivity contribution in [2.75, 3.05) is 13.2 Å². The number of aromatic nitrogens is 2. The lowest BCUT2D eigenvalue weighted by atomic mass is 10.0. The minimum atomic E-state index is -0.117. The van der Waals surface area contributed by atoms with E-state index in [0.29, 0.717) is 30.0 Å². The maximum atomic E-state index is 12.1. The van der Waals surface area contributed by atoms with Gasteiger partial charge in [-0.2, -0.15) is 0 Å². The van der Waals surface area contributed by atoms with Crippen LogP contribution in [0.15, 0.2) is 30.6 Å². The number of hydrogen-bond donors (Lipinski definition) is 2. The van der Waals surface area contributed by atoms with E-state index in [-0.39, 0.29) is 12.5 Å². The second-order valence-corrected chi connectivity index (χ2v) is 4.76. The molecule has 1 aromatic heterocycles. The maximum absolute atomic E-state index is 12.1. The van der Waals surface area contributed by atoms with E-state index in [1.54, 1.807) is 30.6 Å². The molecule has 20 heavy (non-hydrogen) atoms. The SMILES string of the molecule is CCC(CCO)CNC(=O)c1ccc2nccnc2c1. The quantitative estimate of drug-likeness (QED) is 0.841. The fourth-order valence-corrected chi connectivity index (χ4v) is 2.08. The van der Waals surface area contributed by atoms with Gasteiger partial charge in [-0.3, -0.25) is 14.8 Å². The number of aliphatic hydroxyl groups is 1. The molecule has 0 fully saturated rings. The highest BCUT2D eigenvalue weighted by atomic mass is 16.3. The zero-order chi connectivity index (χ0) is 14.4. The third kappa shape index (κ3) is 3.51. The number of fused-ring (bicyclic) bond motifs is 1. The maximum Gasteiger partial charge on any atom is 0.251 e. The number of carbonyl (C=O) groups excluding carboxylic acids is 1. The Morgan fingerprint density at radius 2 is 2.05 bits per heavy atom. The van der Waals surface area contributed by atoms with Crippen LogP contribution in [0.5, 0.6) is 0 Å². The Morgan fingerprint density at radius 1 is 1.30 bits per heavy atom. The van der Waals surface area contributed by atoms with Gasteiger partial charge < -0.3 is 10.4 Å². The smallest absolute Gasteiger partial charge is 0.251 e. The number of nitrogens with zero attached hydrogens (tertiary/aromatic N) is 2. The zero-order valence-electron chi connectivity index (χ0n) is 11.5. The van der Waals surface area contributed by atoms with Crippen molar-refractivity contribution in [3.8, 4) is 0 Å². The molecule has 0 aliphatic carbocycles. The summed E-state index contributed by atoms with van der Waals surface area (Å²) in [7, 11) is 0. The molecule has 2 N–H and O–H groups in total. The molecule has 1 amide bonds. The molecule has 0 saturated carbocycles. The van der Waals surface area contributed by atoms with Crippen LogP contribution in [0.2, 0.25) is 0 Å². The summed E-state index contributed by atoms with van der Waals surface area (Å²) in [6.07, 6.45) is 4.88. The van der Waals surface area contributed by atoms with Crippen LogP contribution in [-0.4, -0.2) is 34.1 Å². The van der Waals surface area contributed by atoms with Crippen LogP contribution in [0.4, 0.5) is 0 Å². The normalized spacial score (nSPS) is 12.3. The molecule has 0 bridgehead atoms. The minimum Gasteiger partial charge on any atom is -0.396 e. The Hall–Kier alpha value is -2.01. The molecule has 1 aromatic carbocycles. The van der Waals surface area contributed by atoms with Gasteiger partial charge in [-0.05, 0) is 30.5 Å². The van der Waals surface area contributed by atoms with E-state index in [4.69, 9.17) is 5.11 Å². The third-order valence-corrected chi connectivity index (χ3v) is 3.40. The molecule has 0 saturated heterocycles. The zero-order valence-corrected chi connectivity index (χ0v) is 11.5. The fraction of sp³-hybridized carbons (Fsp3) is 0.400. The van der Waals surface area contributed by atoms with Crippen LogP contribution < -0.4 is 5.32 Å². The van der Waals surface area contributed by atoms with Gasteiger partial charge in [-0.25, -0.2) is 0 Å². The molecule has 1 unspecified atom stereocenters. The molecule has 0 radical (unpaired) electrons. The van der Waals surface area contributed by atoms with Crippen molar-refractivity contribution >= 4 is 16.9 Å². The lowest BCUT2D eigenvalue weighted by Gasteiger charge is -2.14. The molecular formula is C15H19N3O2. The van der Waals surface area contributed by atoms with Crippen LogP contribution >= 0.6 is 0 Å². The molecule has 2 rings (SSSR count). The van der Waals surface area contributed by atoms with Crippen molar-refractivity contribution < 1.29 is 9.90 Å². The number of rotatable bonds is 6. The van der Waals surface area contributed by atoms with Crippen molar-refractivity contribution in [2.45, 2.75) is 19.8 Å². The van der Waals surface area contributed by atoms with Gasteiger partial charge in [0.1, 0.15) is 0 Å². The lowest BCUT2D eigenvalue weighted by Crippen LogP contribution is -2.29. The average molecular weight is 273 g/mol. The topological polar surface area (TPSA) is 75.1 Å². The van der Waals surface area contributed by atoms with Gasteiger partial charge in [0.2, 0.25) is 0 Å². The fourth-order valence-electron chi connectivity index (χ4n) is 2.08. The Labute approximate surface area is 118 Å². The number of aliphatic hydroxyl groups excluding tert-OH is 1. The number of benzene rings is 1. The van der Waals surface area contributed by atoms with Crippen molar-refractivity contribution in [1.29, 1.82) is 0 Å². The first-order valence-electron chi connectivity index (χ1n) is 6.84. The third-order valence-electron chi connectivity index (χ3n) is 3.40. The van der Waals surface area contributed by atoms with Gasteiger partial charge in [-0.15, -0.1) is 0 Å². The lowest BCUT2D eigenvalue weighted by molar-refractivity contribution is 0.0943. The second-order valence-electron chi connectivity index (χ2n) is 4.76. The molecule has 2 aromatic rings. The number of hydrogen-bond acceptors (Lipinski definition) is 4. The van der Waals surface area contributed by atoms with E-state index < -0.39 is 0 Å². The van der Waals surface area contributed by atoms with Crippen molar-refractivity contribution in [2.24, 2.45) is 5.92 Å². The van der Waals surface area contributed by atoms with Crippen LogP contribution in [0.1, 0.15) is 30.1 Å². The molecule has 1 atom stereocenters. The molecular weight excluding hydrogens is 254 g/mol. The largest absolute Gasteiger partial charge is 0.396 e. The van der Waals surface area contributed by atoms with Crippen molar-refractivity contribution in [3.05, 3.63) is 36.2 Å². The highest BCUT2D eigenvalue weighted by Crippen LogP contribution is 2.11. The summed E-state index contributed by atoms with van der Waals surface area (Å²) >= 11 is 0. The molecule has 1 heterocycles. The Bertz CT molecular complexity index is 586. The van der Waals surface area contributed by atoms with Gasteiger partial charge in [0, 0.05) is 31.1 Å². The number of carbonyl (C=O) groups is 1. The molecule has 0 spiro atoms. The first-order valence-corrected chi connectivity index (χ1v) is 6.84. The van der Waals surface area contributed by atoms with Crippen LogP contribution in [0.3, 0.4) is 0 Å². The second kappa shape index (κ2) is 6.96. The molecule has 106 valence electrons. The molecule has 0 aliphatic rings. The van der Waals surface area contributed by atoms with Gasteiger partial charge in [0.25, 0.3) is 5.91 Å². The summed E-state index contributed by atoms with van der Waals surface area (Å²) in [4.78, 5) is 20.5. The van der Waals surface area contributed by atoms with Gasteiger partial charge >= 0.3 is 0 Å². The highest BCUT2D eigenvalue weighted by Gasteiger charge is 2.10. The first-order chi connectivity index (χ1) is 9.74. The number of nitrogens with one attached hydrogen (secondary N) is 1. The number of amides is 1. The predicted molar refractivity (Wildman–Crippen MR) is 77.4 cm³/mol. The van der Waals surface area contributed by atoms with Gasteiger partial charge in [0.05, 0.1) is 11.0 Å². The van der Waals surface area contributed by atoms with E-state index in [0.717, 1.165) is 11.9 Å². The summed E-state index contributed by atoms with van der Waals surface area (Å²) in [6.45, 7) is 2.78. The summed E-state index contributed by atoms with van der Waals surface area (Å²) in [6, 6.07) is 5.28. The minimum absolute atomic E-state index is 0.117. The molecule has 0 aliphatic heterocycles. The Kier molecular flexibility index (Phi) is 5.01. The van der Waals surface area contributed by atoms with Crippen LogP contribution in [-0.2, 0) is 0 Å². The summed E-state index contributed by atoms with van der Waals surface area (Å²) in [5, 5.41) is 11.8. The van der Waals surface area contributed by atoms with Gasteiger partial charge in [-0.1, -0.05) is 13.3 Å².